The van der Waals surface area contributed by atoms with E-state index in [0.29, 0.717) is 11.3 Å². The molecule has 1 amide bonds. The van der Waals surface area contributed by atoms with Crippen molar-refractivity contribution in [3.63, 3.8) is 0 Å². The molecule has 2 N–H and O–H groups in total. The van der Waals surface area contributed by atoms with Crippen LogP contribution in [0.1, 0.15) is 61.7 Å². The molecule has 5 rings (SSSR count). The van der Waals surface area contributed by atoms with Gasteiger partial charge in [0.25, 0.3) is 5.91 Å². The third-order valence-corrected chi connectivity index (χ3v) is 6.46. The molecule has 3 unspecified atom stereocenters. The van der Waals surface area contributed by atoms with Crippen molar-refractivity contribution >= 4 is 11.5 Å². The van der Waals surface area contributed by atoms with Crippen molar-refractivity contribution in [1.29, 1.82) is 0 Å². The van der Waals surface area contributed by atoms with E-state index in [2.05, 4.69) is 15.7 Å². The molecule has 1 saturated carbocycles. The maximum absolute atomic E-state index is 13.9. The largest absolute Gasteiger partial charge is 0.441 e. The van der Waals surface area contributed by atoms with Crippen LogP contribution >= 0.6 is 0 Å². The third-order valence-electron chi connectivity index (χ3n) is 6.46. The van der Waals surface area contributed by atoms with Crippen LogP contribution in [0.5, 0.6) is 0 Å². The summed E-state index contributed by atoms with van der Waals surface area (Å²) in [6.45, 7) is 1.67. The highest BCUT2D eigenvalue weighted by atomic mass is 19.4. The summed E-state index contributed by atoms with van der Waals surface area (Å²) in [7, 11) is 0. The average Bonchev–Trinajstić information content (AvgIpc) is 3.47. The fourth-order valence-electron chi connectivity index (χ4n) is 4.95. The summed E-state index contributed by atoms with van der Waals surface area (Å²) in [5.41, 5.74) is 3.52. The van der Waals surface area contributed by atoms with Crippen molar-refractivity contribution < 1.29 is 22.4 Å². The number of halogens is 3. The van der Waals surface area contributed by atoms with E-state index in [9.17, 15) is 18.0 Å². The van der Waals surface area contributed by atoms with Crippen LogP contribution in [0, 0.1) is 0 Å². The van der Waals surface area contributed by atoms with Gasteiger partial charge in [0.15, 0.2) is 0 Å². The molecule has 2 aromatic rings. The monoisotopic (exact) mass is 432 g/mol. The number of nitrogens with zero attached hydrogens (tertiary/aromatic N) is 2. The van der Waals surface area contributed by atoms with Crippen molar-refractivity contribution in [1.82, 2.24) is 20.7 Å². The zero-order chi connectivity index (χ0) is 21.8. The molecular weight excluding hydrogens is 409 g/mol. The van der Waals surface area contributed by atoms with Gasteiger partial charge in [0.2, 0.25) is 5.89 Å². The molecule has 1 saturated heterocycles. The predicted molar refractivity (Wildman–Crippen MR) is 106 cm³/mol. The first kappa shape index (κ1) is 20.1. The number of hydrogen-bond donors (Lipinski definition) is 2. The molecule has 3 atom stereocenters. The van der Waals surface area contributed by atoms with Gasteiger partial charge in [-0.05, 0) is 25.3 Å². The molecule has 6 nitrogen and oxygen atoms in total. The lowest BCUT2D eigenvalue weighted by molar-refractivity contribution is -0.161. The number of aromatic nitrogens is 1. The zero-order valence-electron chi connectivity index (χ0n) is 16.9. The van der Waals surface area contributed by atoms with Gasteiger partial charge in [0.1, 0.15) is 23.5 Å². The Morgan fingerprint density at radius 2 is 1.87 bits per heavy atom. The number of fused-ring (bicyclic) bond motifs is 1. The van der Waals surface area contributed by atoms with Gasteiger partial charge in [-0.2, -0.15) is 13.2 Å². The highest BCUT2D eigenvalue weighted by molar-refractivity contribution is 6.19. The molecule has 2 aliphatic heterocycles. The van der Waals surface area contributed by atoms with Crippen molar-refractivity contribution in [2.75, 3.05) is 0 Å². The van der Waals surface area contributed by atoms with Crippen molar-refractivity contribution in [2.45, 2.75) is 62.8 Å². The van der Waals surface area contributed by atoms with E-state index in [1.807, 2.05) is 0 Å². The lowest BCUT2D eigenvalue weighted by atomic mass is 9.89. The van der Waals surface area contributed by atoms with E-state index >= 15 is 0 Å². The molecule has 0 spiro atoms. The first-order chi connectivity index (χ1) is 14.8. The van der Waals surface area contributed by atoms with Crippen LogP contribution in [0.15, 0.2) is 46.6 Å². The number of carbonyl (C=O) groups excluding carboxylic acids is 1. The molecule has 2 fully saturated rings. The Kier molecular flexibility index (Phi) is 4.80. The van der Waals surface area contributed by atoms with Gasteiger partial charge in [0.05, 0.1) is 12.1 Å². The van der Waals surface area contributed by atoms with Crippen molar-refractivity contribution in [3.05, 3.63) is 59.4 Å². The summed E-state index contributed by atoms with van der Waals surface area (Å²) in [5.74, 6) is -0.422. The minimum absolute atomic E-state index is 0.142. The first-order valence-corrected chi connectivity index (χ1v) is 10.5. The minimum Gasteiger partial charge on any atom is -0.441 e. The molecule has 3 heterocycles. The summed E-state index contributed by atoms with van der Waals surface area (Å²) in [4.78, 5) is 17.6. The molecule has 3 aliphatic rings. The fraction of sp³-hybridized carbons (Fsp3) is 0.455. The smallest absolute Gasteiger partial charge is 0.406 e. The Labute approximate surface area is 177 Å². The third kappa shape index (κ3) is 3.40. The van der Waals surface area contributed by atoms with Crippen molar-refractivity contribution in [2.24, 2.45) is 0 Å². The number of hydrazine groups is 1. The summed E-state index contributed by atoms with van der Waals surface area (Å²) < 4.78 is 47.5. The molecule has 1 aliphatic carbocycles. The summed E-state index contributed by atoms with van der Waals surface area (Å²) in [6, 6.07) is 6.54. The lowest BCUT2D eigenvalue weighted by Crippen LogP contribution is -2.54. The molecule has 31 heavy (non-hydrogen) atoms. The SMILES string of the molecule is CC1=C(c2ncc(C3CCCC3)o2)C(=O)N2NC(C(F)(F)F)C(c3ccccc3)C2N1. The number of benzene rings is 1. The van der Waals surface area contributed by atoms with Crippen LogP contribution in [0.2, 0.25) is 0 Å². The van der Waals surface area contributed by atoms with E-state index in [0.717, 1.165) is 36.5 Å². The fourth-order valence-corrected chi connectivity index (χ4v) is 4.95. The number of carbonyl (C=O) groups is 1. The van der Waals surface area contributed by atoms with Crippen LogP contribution in [-0.4, -0.2) is 34.3 Å². The Balaban J connectivity index is 1.50. The second kappa shape index (κ2) is 7.40. The quantitative estimate of drug-likeness (QED) is 0.766. The molecule has 1 aromatic carbocycles. The standard InChI is InChI=1S/C22H23F3N4O2/c1-12-16(20-26-11-15(31-20)13-7-5-6-8-13)21(30)29-19(27-12)17(14-9-3-2-4-10-14)18(28-29)22(23,24)25/h2-4,9-11,13,17-19,27-28H,5-8H2,1H3. The van der Waals surface area contributed by atoms with Crippen LogP contribution in [-0.2, 0) is 4.79 Å². The Hall–Kier alpha value is -2.81. The number of rotatable bonds is 3. The van der Waals surface area contributed by atoms with Crippen LogP contribution in [0.4, 0.5) is 13.2 Å². The number of nitrogens with one attached hydrogen (secondary N) is 2. The highest BCUT2D eigenvalue weighted by Crippen LogP contribution is 2.43. The van der Waals surface area contributed by atoms with Gasteiger partial charge in [-0.15, -0.1) is 0 Å². The minimum atomic E-state index is -4.54. The molecule has 9 heteroatoms. The predicted octanol–water partition coefficient (Wildman–Crippen LogP) is 4.05. The molecule has 164 valence electrons. The topological polar surface area (TPSA) is 70.4 Å². The van der Waals surface area contributed by atoms with Gasteiger partial charge in [0, 0.05) is 11.6 Å². The molecule has 0 radical (unpaired) electrons. The Bertz CT molecular complexity index is 1010. The highest BCUT2D eigenvalue weighted by Gasteiger charge is 2.58. The van der Waals surface area contributed by atoms with Crippen LogP contribution in [0.3, 0.4) is 0 Å². The number of hydrogen-bond acceptors (Lipinski definition) is 5. The van der Waals surface area contributed by atoms with Gasteiger partial charge < -0.3 is 9.73 Å². The maximum atomic E-state index is 13.9. The van der Waals surface area contributed by atoms with Crippen molar-refractivity contribution in [3.8, 4) is 0 Å². The Morgan fingerprint density at radius 1 is 1.16 bits per heavy atom. The average molecular weight is 432 g/mol. The Morgan fingerprint density at radius 3 is 2.55 bits per heavy atom. The van der Waals surface area contributed by atoms with E-state index in [-0.39, 0.29) is 17.4 Å². The normalized spacial score (nSPS) is 27.0. The second-order valence-electron chi connectivity index (χ2n) is 8.40. The second-order valence-corrected chi connectivity index (χ2v) is 8.40. The van der Waals surface area contributed by atoms with E-state index in [1.54, 1.807) is 43.5 Å². The zero-order valence-corrected chi connectivity index (χ0v) is 16.9. The number of alkyl halides is 3. The van der Waals surface area contributed by atoms with E-state index in [4.69, 9.17) is 4.42 Å². The molecule has 1 aromatic heterocycles. The molecule has 0 bridgehead atoms. The summed E-state index contributed by atoms with van der Waals surface area (Å²) in [6.07, 6.45) is 0.500. The maximum Gasteiger partial charge on any atom is 0.406 e. The van der Waals surface area contributed by atoms with Gasteiger partial charge in [-0.3, -0.25) is 4.79 Å². The number of oxazole rings is 1. The van der Waals surface area contributed by atoms with Gasteiger partial charge >= 0.3 is 6.18 Å². The van der Waals surface area contributed by atoms with Crippen LogP contribution < -0.4 is 10.7 Å². The summed E-state index contributed by atoms with van der Waals surface area (Å²) in [5, 5.41) is 4.15. The number of amides is 1. The van der Waals surface area contributed by atoms with E-state index < -0.39 is 30.2 Å². The van der Waals surface area contributed by atoms with E-state index in [1.165, 1.54) is 0 Å². The van der Waals surface area contributed by atoms with Crippen LogP contribution in [0.25, 0.3) is 5.57 Å². The number of allylic oxidation sites excluding steroid dienone is 1. The summed E-state index contributed by atoms with van der Waals surface area (Å²) >= 11 is 0. The molecular formula is C22H23F3N4O2. The van der Waals surface area contributed by atoms with Gasteiger partial charge in [-0.25, -0.2) is 15.4 Å². The van der Waals surface area contributed by atoms with Gasteiger partial charge in [-0.1, -0.05) is 43.2 Å². The lowest BCUT2D eigenvalue weighted by Gasteiger charge is -2.34. The first-order valence-electron chi connectivity index (χ1n) is 10.5.